The Morgan fingerprint density at radius 3 is 2.60 bits per heavy atom. The summed E-state index contributed by atoms with van der Waals surface area (Å²) in [5.41, 5.74) is 5.91. The quantitative estimate of drug-likeness (QED) is 0.510. The summed E-state index contributed by atoms with van der Waals surface area (Å²) in [5, 5.41) is 22.1. The number of aliphatic carboxylic acids is 2. The fourth-order valence-electron chi connectivity index (χ4n) is 1.46. The topological polar surface area (TPSA) is 143 Å². The zero-order valence-electron chi connectivity index (χ0n) is 10.5. The van der Waals surface area contributed by atoms with Crippen LogP contribution in [0.25, 0.3) is 0 Å². The van der Waals surface area contributed by atoms with Crippen molar-refractivity contribution in [2.24, 2.45) is 5.73 Å². The van der Waals surface area contributed by atoms with Crippen LogP contribution in [0.5, 0.6) is 0 Å². The van der Waals surface area contributed by atoms with E-state index in [0.29, 0.717) is 10.7 Å². The second-order valence-electron chi connectivity index (χ2n) is 4.00. The second-order valence-corrected chi connectivity index (χ2v) is 4.95. The third-order valence-electron chi connectivity index (χ3n) is 2.40. The predicted octanol–water partition coefficient (Wildman–Crippen LogP) is -0.421. The molecular formula is C11H15N3O5S. The Morgan fingerprint density at radius 1 is 1.40 bits per heavy atom. The molecule has 1 unspecified atom stereocenters. The molecule has 1 atom stereocenters. The molecular weight excluding hydrogens is 286 g/mol. The van der Waals surface area contributed by atoms with Gasteiger partial charge in [0.05, 0.1) is 12.1 Å². The number of nitrogens with zero attached hydrogens (tertiary/aromatic N) is 1. The van der Waals surface area contributed by atoms with Crippen LogP contribution < -0.4 is 11.1 Å². The molecule has 0 saturated heterocycles. The number of rotatable bonds is 8. The van der Waals surface area contributed by atoms with Crippen molar-refractivity contribution in [3.8, 4) is 0 Å². The normalized spacial score (nSPS) is 11.8. The first-order valence-corrected chi connectivity index (χ1v) is 6.67. The van der Waals surface area contributed by atoms with Gasteiger partial charge in [0.15, 0.2) is 0 Å². The smallest absolute Gasteiger partial charge is 0.326 e. The van der Waals surface area contributed by atoms with Crippen molar-refractivity contribution >= 4 is 29.2 Å². The molecule has 9 heteroatoms. The van der Waals surface area contributed by atoms with Gasteiger partial charge in [-0.05, 0) is 6.42 Å². The number of nitrogens with two attached hydrogens (primary N) is 1. The van der Waals surface area contributed by atoms with Crippen molar-refractivity contribution in [1.82, 2.24) is 10.3 Å². The maximum atomic E-state index is 11.7. The van der Waals surface area contributed by atoms with E-state index >= 15 is 0 Å². The number of nitrogens with one attached hydrogen (secondary N) is 1. The van der Waals surface area contributed by atoms with E-state index in [2.05, 4.69) is 10.3 Å². The molecule has 0 aliphatic rings. The van der Waals surface area contributed by atoms with Crippen LogP contribution in [-0.4, -0.2) is 39.1 Å². The van der Waals surface area contributed by atoms with Crippen molar-refractivity contribution in [1.29, 1.82) is 0 Å². The lowest BCUT2D eigenvalue weighted by Gasteiger charge is -2.12. The van der Waals surface area contributed by atoms with Gasteiger partial charge in [0.25, 0.3) is 0 Å². The minimum absolute atomic E-state index is 0.0622. The van der Waals surface area contributed by atoms with Gasteiger partial charge in [0.2, 0.25) is 5.91 Å². The Labute approximate surface area is 118 Å². The van der Waals surface area contributed by atoms with Gasteiger partial charge in [-0.2, -0.15) is 0 Å². The molecule has 1 aromatic rings. The Morgan fingerprint density at radius 2 is 2.10 bits per heavy atom. The van der Waals surface area contributed by atoms with E-state index in [0.717, 1.165) is 0 Å². The SMILES string of the molecule is NCc1nc(CC(=O)NC(CCC(=O)O)C(=O)O)cs1. The lowest BCUT2D eigenvalue weighted by molar-refractivity contribution is -0.143. The number of aromatic nitrogens is 1. The molecule has 0 aromatic carbocycles. The first kappa shape index (κ1) is 16.1. The first-order valence-electron chi connectivity index (χ1n) is 5.79. The molecule has 8 nitrogen and oxygen atoms in total. The Bertz CT molecular complexity index is 502. The van der Waals surface area contributed by atoms with E-state index in [9.17, 15) is 14.4 Å². The lowest BCUT2D eigenvalue weighted by Crippen LogP contribution is -2.41. The summed E-state index contributed by atoms with van der Waals surface area (Å²) in [6.07, 6.45) is -0.555. The maximum Gasteiger partial charge on any atom is 0.326 e. The highest BCUT2D eigenvalue weighted by Gasteiger charge is 2.21. The molecule has 1 aromatic heterocycles. The first-order chi connectivity index (χ1) is 9.42. The highest BCUT2D eigenvalue weighted by atomic mass is 32.1. The predicted molar refractivity (Wildman–Crippen MR) is 70.1 cm³/mol. The fraction of sp³-hybridized carbons (Fsp3) is 0.455. The molecule has 5 N–H and O–H groups in total. The molecule has 0 aliphatic heterocycles. The molecule has 110 valence electrons. The van der Waals surface area contributed by atoms with Crippen molar-refractivity contribution < 1.29 is 24.6 Å². The van der Waals surface area contributed by atoms with E-state index in [1.807, 2.05) is 0 Å². The molecule has 0 radical (unpaired) electrons. The Hall–Kier alpha value is -2.00. The number of carbonyl (C=O) groups excluding carboxylic acids is 1. The standard InChI is InChI=1S/C11H15N3O5S/c12-4-9-13-6(5-20-9)3-8(15)14-7(11(18)19)1-2-10(16)17/h5,7H,1-4,12H2,(H,14,15)(H,16,17)(H,18,19). The maximum absolute atomic E-state index is 11.7. The van der Waals surface area contributed by atoms with Gasteiger partial charge in [-0.15, -0.1) is 11.3 Å². The van der Waals surface area contributed by atoms with Crippen molar-refractivity contribution in [2.75, 3.05) is 0 Å². The fourth-order valence-corrected chi connectivity index (χ4v) is 2.13. The third kappa shape index (κ3) is 5.33. The van der Waals surface area contributed by atoms with Crippen LogP contribution in [0.1, 0.15) is 23.5 Å². The molecule has 0 bridgehead atoms. The van der Waals surface area contributed by atoms with E-state index in [-0.39, 0.29) is 25.8 Å². The summed E-state index contributed by atoms with van der Waals surface area (Å²) >= 11 is 1.32. The number of amides is 1. The van der Waals surface area contributed by atoms with Gasteiger partial charge < -0.3 is 21.3 Å². The van der Waals surface area contributed by atoms with Crippen molar-refractivity contribution in [3.63, 3.8) is 0 Å². The number of thiazole rings is 1. The minimum Gasteiger partial charge on any atom is -0.481 e. The average Bonchev–Trinajstić information content (AvgIpc) is 2.81. The molecule has 0 saturated carbocycles. The number of carbonyl (C=O) groups is 3. The number of hydrogen-bond donors (Lipinski definition) is 4. The minimum atomic E-state index is -1.26. The van der Waals surface area contributed by atoms with Crippen LogP contribution in [-0.2, 0) is 27.3 Å². The van der Waals surface area contributed by atoms with Crippen LogP contribution in [0.15, 0.2) is 5.38 Å². The summed E-state index contributed by atoms with van der Waals surface area (Å²) in [6, 6.07) is -1.22. The molecule has 1 heterocycles. The molecule has 0 aliphatic carbocycles. The summed E-state index contributed by atoms with van der Waals surface area (Å²) in [6.45, 7) is 0.280. The highest BCUT2D eigenvalue weighted by Crippen LogP contribution is 2.09. The van der Waals surface area contributed by atoms with E-state index in [1.165, 1.54) is 11.3 Å². The van der Waals surface area contributed by atoms with Crippen molar-refractivity contribution in [2.45, 2.75) is 31.8 Å². The number of carboxylic acid groups (broad SMARTS) is 2. The van der Waals surface area contributed by atoms with Gasteiger partial charge in [-0.3, -0.25) is 9.59 Å². The highest BCUT2D eigenvalue weighted by molar-refractivity contribution is 7.09. The summed E-state index contributed by atoms with van der Waals surface area (Å²) in [4.78, 5) is 37.1. The zero-order valence-corrected chi connectivity index (χ0v) is 11.4. The summed E-state index contributed by atoms with van der Waals surface area (Å²) in [7, 11) is 0. The molecule has 20 heavy (non-hydrogen) atoms. The number of carboxylic acids is 2. The lowest BCUT2D eigenvalue weighted by atomic mass is 10.1. The van der Waals surface area contributed by atoms with Crippen molar-refractivity contribution in [3.05, 3.63) is 16.1 Å². The third-order valence-corrected chi connectivity index (χ3v) is 3.32. The van der Waals surface area contributed by atoms with Gasteiger partial charge in [0, 0.05) is 18.3 Å². The largest absolute Gasteiger partial charge is 0.481 e. The van der Waals surface area contributed by atoms with Crippen LogP contribution in [0.2, 0.25) is 0 Å². The number of hydrogen-bond acceptors (Lipinski definition) is 6. The monoisotopic (exact) mass is 301 g/mol. The Balaban J connectivity index is 2.52. The van der Waals surface area contributed by atoms with Gasteiger partial charge in [0.1, 0.15) is 11.0 Å². The second kappa shape index (κ2) is 7.56. The van der Waals surface area contributed by atoms with Crippen LogP contribution in [0.4, 0.5) is 0 Å². The van der Waals surface area contributed by atoms with Gasteiger partial charge in [-0.25, -0.2) is 9.78 Å². The Kier molecular flexibility index (Phi) is 6.07. The molecule has 0 spiro atoms. The van der Waals surface area contributed by atoms with E-state index < -0.39 is 23.9 Å². The van der Waals surface area contributed by atoms with Gasteiger partial charge >= 0.3 is 11.9 Å². The molecule has 1 amide bonds. The summed E-state index contributed by atoms with van der Waals surface area (Å²) in [5.74, 6) is -2.89. The van der Waals surface area contributed by atoms with E-state index in [4.69, 9.17) is 15.9 Å². The zero-order chi connectivity index (χ0) is 15.1. The summed E-state index contributed by atoms with van der Waals surface area (Å²) < 4.78 is 0. The van der Waals surface area contributed by atoms with Crippen LogP contribution in [0, 0.1) is 0 Å². The van der Waals surface area contributed by atoms with E-state index in [1.54, 1.807) is 5.38 Å². The average molecular weight is 301 g/mol. The van der Waals surface area contributed by atoms with Gasteiger partial charge in [-0.1, -0.05) is 0 Å². The molecule has 1 rings (SSSR count). The molecule has 0 fully saturated rings. The van der Waals surface area contributed by atoms with Crippen LogP contribution >= 0.6 is 11.3 Å². The van der Waals surface area contributed by atoms with Crippen LogP contribution in [0.3, 0.4) is 0 Å².